The lowest BCUT2D eigenvalue weighted by Gasteiger charge is -2.08. The first-order chi connectivity index (χ1) is 13.6. The molecular formula is C20H18N4O3S. The van der Waals surface area contributed by atoms with Crippen LogP contribution in [-0.4, -0.2) is 34.6 Å². The highest BCUT2D eigenvalue weighted by molar-refractivity contribution is 7.99. The second-order valence-electron chi connectivity index (χ2n) is 5.63. The number of ether oxygens (including phenoxy) is 1. The monoisotopic (exact) mass is 394 g/mol. The number of amides is 2. The minimum Gasteiger partial charge on any atom is -0.497 e. The molecule has 1 aromatic heterocycles. The van der Waals surface area contributed by atoms with Crippen LogP contribution in [0, 0.1) is 0 Å². The molecule has 2 aromatic carbocycles. The molecule has 1 heterocycles. The Morgan fingerprint density at radius 2 is 1.54 bits per heavy atom. The van der Waals surface area contributed by atoms with Crippen LogP contribution >= 0.6 is 11.8 Å². The molecule has 0 aliphatic rings. The van der Waals surface area contributed by atoms with E-state index in [2.05, 4.69) is 20.6 Å². The maximum atomic E-state index is 12.3. The van der Waals surface area contributed by atoms with Crippen LogP contribution in [0.1, 0.15) is 10.4 Å². The van der Waals surface area contributed by atoms with E-state index in [0.717, 1.165) is 5.75 Å². The van der Waals surface area contributed by atoms with Gasteiger partial charge in [-0.2, -0.15) is 0 Å². The van der Waals surface area contributed by atoms with Crippen molar-refractivity contribution < 1.29 is 14.3 Å². The van der Waals surface area contributed by atoms with Gasteiger partial charge in [0.25, 0.3) is 5.91 Å². The van der Waals surface area contributed by atoms with E-state index in [1.807, 2.05) is 0 Å². The first kappa shape index (κ1) is 19.4. The Kier molecular flexibility index (Phi) is 6.59. The number of anilines is 2. The minimum atomic E-state index is -0.236. The van der Waals surface area contributed by atoms with Gasteiger partial charge in [-0.15, -0.1) is 0 Å². The number of thioether (sulfide) groups is 1. The molecule has 0 saturated carbocycles. The quantitative estimate of drug-likeness (QED) is 0.471. The van der Waals surface area contributed by atoms with E-state index in [0.29, 0.717) is 22.1 Å². The third kappa shape index (κ3) is 5.55. The van der Waals surface area contributed by atoms with Crippen molar-refractivity contribution in [2.45, 2.75) is 5.16 Å². The van der Waals surface area contributed by atoms with Gasteiger partial charge in [-0.05, 0) is 54.6 Å². The summed E-state index contributed by atoms with van der Waals surface area (Å²) in [6, 6.07) is 15.5. The lowest BCUT2D eigenvalue weighted by molar-refractivity contribution is -0.113. The molecule has 0 aliphatic carbocycles. The van der Waals surface area contributed by atoms with E-state index in [1.54, 1.807) is 74.1 Å². The SMILES string of the molecule is COc1ccc(NC(=O)c2ccc(NC(=O)CSc3ncccn3)cc2)cc1. The number of hydrogen-bond donors (Lipinski definition) is 2. The van der Waals surface area contributed by atoms with Crippen molar-refractivity contribution in [1.82, 2.24) is 9.97 Å². The van der Waals surface area contributed by atoms with Crippen LogP contribution in [0.5, 0.6) is 5.75 Å². The Balaban J connectivity index is 1.52. The van der Waals surface area contributed by atoms with Crippen molar-refractivity contribution in [2.75, 3.05) is 23.5 Å². The number of nitrogens with one attached hydrogen (secondary N) is 2. The Morgan fingerprint density at radius 3 is 2.18 bits per heavy atom. The van der Waals surface area contributed by atoms with Crippen molar-refractivity contribution in [3.8, 4) is 5.75 Å². The van der Waals surface area contributed by atoms with Gasteiger partial charge in [-0.3, -0.25) is 9.59 Å². The number of nitrogens with zero attached hydrogens (tertiary/aromatic N) is 2. The van der Waals surface area contributed by atoms with Gasteiger partial charge in [0, 0.05) is 29.3 Å². The fourth-order valence-corrected chi connectivity index (χ4v) is 2.87. The van der Waals surface area contributed by atoms with Gasteiger partial charge in [-0.25, -0.2) is 9.97 Å². The Labute approximate surface area is 166 Å². The fourth-order valence-electron chi connectivity index (χ4n) is 2.27. The van der Waals surface area contributed by atoms with E-state index >= 15 is 0 Å². The maximum Gasteiger partial charge on any atom is 0.255 e. The van der Waals surface area contributed by atoms with Gasteiger partial charge < -0.3 is 15.4 Å². The van der Waals surface area contributed by atoms with Crippen LogP contribution in [0.15, 0.2) is 72.1 Å². The highest BCUT2D eigenvalue weighted by Crippen LogP contribution is 2.17. The predicted octanol–water partition coefficient (Wildman–Crippen LogP) is 3.47. The van der Waals surface area contributed by atoms with Gasteiger partial charge in [0.1, 0.15) is 5.75 Å². The maximum absolute atomic E-state index is 12.3. The van der Waals surface area contributed by atoms with Crippen molar-refractivity contribution >= 4 is 35.0 Å². The molecule has 3 rings (SSSR count). The van der Waals surface area contributed by atoms with Crippen molar-refractivity contribution in [2.24, 2.45) is 0 Å². The molecule has 2 amide bonds. The molecule has 28 heavy (non-hydrogen) atoms. The molecule has 0 bridgehead atoms. The summed E-state index contributed by atoms with van der Waals surface area (Å²) < 4.78 is 5.09. The summed E-state index contributed by atoms with van der Waals surface area (Å²) in [5.74, 6) is 0.506. The molecular weight excluding hydrogens is 376 g/mol. The van der Waals surface area contributed by atoms with Gasteiger partial charge in [0.2, 0.25) is 5.91 Å². The Bertz CT molecular complexity index is 932. The third-order valence-corrected chi connectivity index (χ3v) is 4.53. The molecule has 0 unspecified atom stereocenters. The molecule has 0 fully saturated rings. The van der Waals surface area contributed by atoms with Gasteiger partial charge in [-0.1, -0.05) is 11.8 Å². The molecule has 0 spiro atoms. The molecule has 0 radical (unpaired) electrons. The van der Waals surface area contributed by atoms with E-state index < -0.39 is 0 Å². The summed E-state index contributed by atoms with van der Waals surface area (Å²) in [5.41, 5.74) is 1.77. The topological polar surface area (TPSA) is 93.2 Å². The number of carbonyl (C=O) groups excluding carboxylic acids is 2. The summed E-state index contributed by atoms with van der Waals surface area (Å²) in [5, 5.41) is 6.13. The number of methoxy groups -OCH3 is 1. The summed E-state index contributed by atoms with van der Waals surface area (Å²) in [7, 11) is 1.59. The van der Waals surface area contributed by atoms with E-state index in [1.165, 1.54) is 11.8 Å². The summed E-state index contributed by atoms with van der Waals surface area (Å²) in [6.07, 6.45) is 3.26. The zero-order valence-electron chi connectivity index (χ0n) is 15.1. The normalized spacial score (nSPS) is 10.2. The van der Waals surface area contributed by atoms with E-state index in [9.17, 15) is 9.59 Å². The number of benzene rings is 2. The number of carbonyl (C=O) groups is 2. The van der Waals surface area contributed by atoms with Crippen LogP contribution in [0.25, 0.3) is 0 Å². The first-order valence-corrected chi connectivity index (χ1v) is 9.38. The zero-order chi connectivity index (χ0) is 19.8. The smallest absolute Gasteiger partial charge is 0.255 e. The zero-order valence-corrected chi connectivity index (χ0v) is 15.9. The van der Waals surface area contributed by atoms with Gasteiger partial charge in [0.05, 0.1) is 12.9 Å². The molecule has 0 aliphatic heterocycles. The molecule has 142 valence electrons. The minimum absolute atomic E-state index is 0.173. The second-order valence-corrected chi connectivity index (χ2v) is 6.57. The molecule has 7 nitrogen and oxygen atoms in total. The molecule has 2 N–H and O–H groups in total. The Hall–Kier alpha value is -3.39. The largest absolute Gasteiger partial charge is 0.497 e. The van der Waals surface area contributed by atoms with Crippen LogP contribution in [0.4, 0.5) is 11.4 Å². The average molecular weight is 394 g/mol. The van der Waals surface area contributed by atoms with E-state index in [-0.39, 0.29) is 17.6 Å². The first-order valence-electron chi connectivity index (χ1n) is 8.39. The van der Waals surface area contributed by atoms with E-state index in [4.69, 9.17) is 4.74 Å². The molecule has 0 atom stereocenters. The number of aromatic nitrogens is 2. The highest BCUT2D eigenvalue weighted by atomic mass is 32.2. The molecule has 0 saturated heterocycles. The Morgan fingerprint density at radius 1 is 0.929 bits per heavy atom. The van der Waals surface area contributed by atoms with Crippen LogP contribution < -0.4 is 15.4 Å². The van der Waals surface area contributed by atoms with Gasteiger partial charge in [0.15, 0.2) is 5.16 Å². The fraction of sp³-hybridized carbons (Fsp3) is 0.100. The number of rotatable bonds is 7. The predicted molar refractivity (Wildman–Crippen MR) is 109 cm³/mol. The summed E-state index contributed by atoms with van der Waals surface area (Å²) in [6.45, 7) is 0. The van der Waals surface area contributed by atoms with Crippen molar-refractivity contribution in [1.29, 1.82) is 0 Å². The molecule has 8 heteroatoms. The third-order valence-electron chi connectivity index (χ3n) is 3.65. The summed E-state index contributed by atoms with van der Waals surface area (Å²) in [4.78, 5) is 32.4. The van der Waals surface area contributed by atoms with Crippen molar-refractivity contribution in [3.05, 3.63) is 72.6 Å². The lowest BCUT2D eigenvalue weighted by atomic mass is 10.2. The van der Waals surface area contributed by atoms with Crippen LogP contribution in [-0.2, 0) is 4.79 Å². The van der Waals surface area contributed by atoms with Gasteiger partial charge >= 0.3 is 0 Å². The average Bonchev–Trinajstić information content (AvgIpc) is 2.74. The lowest BCUT2D eigenvalue weighted by Crippen LogP contribution is -2.15. The molecule has 3 aromatic rings. The van der Waals surface area contributed by atoms with Crippen molar-refractivity contribution in [3.63, 3.8) is 0 Å². The summed E-state index contributed by atoms with van der Waals surface area (Å²) >= 11 is 1.25. The second kappa shape index (κ2) is 9.52. The standard InChI is InChI=1S/C20H18N4O3S/c1-27-17-9-7-16(8-10-17)24-19(26)14-3-5-15(6-4-14)23-18(25)13-28-20-21-11-2-12-22-20/h2-12H,13H2,1H3,(H,23,25)(H,24,26). The van der Waals surface area contributed by atoms with Crippen LogP contribution in [0.3, 0.4) is 0 Å². The van der Waals surface area contributed by atoms with Crippen LogP contribution in [0.2, 0.25) is 0 Å². The number of hydrogen-bond acceptors (Lipinski definition) is 6. The highest BCUT2D eigenvalue weighted by Gasteiger charge is 2.08.